The average Bonchev–Trinajstić information content (AvgIpc) is 2.60. The van der Waals surface area contributed by atoms with Gasteiger partial charge in [-0.2, -0.15) is 0 Å². The van der Waals surface area contributed by atoms with E-state index in [1.807, 2.05) is 13.8 Å². The van der Waals surface area contributed by atoms with Crippen molar-refractivity contribution in [1.29, 1.82) is 0 Å². The molecule has 0 aromatic carbocycles. The molecule has 0 radical (unpaired) electrons. The van der Waals surface area contributed by atoms with Gasteiger partial charge < -0.3 is 10.4 Å². The van der Waals surface area contributed by atoms with Gasteiger partial charge in [0.05, 0.1) is 11.9 Å². The lowest BCUT2D eigenvalue weighted by molar-refractivity contribution is 0.199. The molecule has 0 amide bonds. The van der Waals surface area contributed by atoms with Gasteiger partial charge in [-0.25, -0.2) is 8.42 Å². The molecule has 4 nitrogen and oxygen atoms in total. The van der Waals surface area contributed by atoms with Crippen LogP contribution in [0.2, 0.25) is 0 Å². The molecule has 0 aromatic rings. The predicted octanol–water partition coefficient (Wildman–Crippen LogP) is 0.559. The zero-order valence-electron chi connectivity index (χ0n) is 10.3. The van der Waals surface area contributed by atoms with Gasteiger partial charge >= 0.3 is 0 Å². The summed E-state index contributed by atoms with van der Waals surface area (Å²) in [4.78, 5) is 0. The first kappa shape index (κ1) is 13.9. The van der Waals surface area contributed by atoms with Gasteiger partial charge in [-0.3, -0.25) is 0 Å². The third-order valence-corrected chi connectivity index (χ3v) is 5.10. The van der Waals surface area contributed by atoms with E-state index in [1.165, 1.54) is 6.26 Å². The van der Waals surface area contributed by atoms with E-state index in [9.17, 15) is 13.5 Å². The predicted molar refractivity (Wildman–Crippen MR) is 65.1 cm³/mol. The summed E-state index contributed by atoms with van der Waals surface area (Å²) in [6.45, 7) is 4.11. The normalized spacial score (nSPS) is 28.6. The smallest absolute Gasteiger partial charge is 0.151 e. The van der Waals surface area contributed by atoms with Crippen molar-refractivity contribution in [2.75, 3.05) is 12.9 Å². The van der Waals surface area contributed by atoms with Crippen LogP contribution in [0.15, 0.2) is 0 Å². The first-order valence-corrected chi connectivity index (χ1v) is 7.87. The number of hydrogen-bond donors (Lipinski definition) is 2. The molecule has 0 spiro atoms. The molecular weight excluding hydrogens is 226 g/mol. The Hall–Kier alpha value is -0.130. The Kier molecular flexibility index (Phi) is 4.76. The SMILES string of the molecule is CC(C)C(CO)NC1CCCC1S(C)(=O)=O. The fourth-order valence-electron chi connectivity index (χ4n) is 2.36. The lowest BCUT2D eigenvalue weighted by atomic mass is 10.0. The van der Waals surface area contributed by atoms with Crippen LogP contribution in [0.4, 0.5) is 0 Å². The Morgan fingerprint density at radius 2 is 2.00 bits per heavy atom. The first-order chi connectivity index (χ1) is 7.36. The molecule has 5 heteroatoms. The highest BCUT2D eigenvalue weighted by Crippen LogP contribution is 2.25. The van der Waals surface area contributed by atoms with Crippen LogP contribution in [-0.2, 0) is 9.84 Å². The molecule has 0 heterocycles. The van der Waals surface area contributed by atoms with E-state index in [0.29, 0.717) is 5.92 Å². The Morgan fingerprint density at radius 1 is 1.38 bits per heavy atom. The van der Waals surface area contributed by atoms with Gasteiger partial charge in [0.15, 0.2) is 9.84 Å². The van der Waals surface area contributed by atoms with Gasteiger partial charge in [0.1, 0.15) is 0 Å². The van der Waals surface area contributed by atoms with E-state index in [-0.39, 0.29) is 23.9 Å². The summed E-state index contributed by atoms with van der Waals surface area (Å²) < 4.78 is 23.2. The van der Waals surface area contributed by atoms with E-state index >= 15 is 0 Å². The van der Waals surface area contributed by atoms with Crippen LogP contribution < -0.4 is 5.32 Å². The summed E-state index contributed by atoms with van der Waals surface area (Å²) in [7, 11) is -2.98. The third kappa shape index (κ3) is 3.43. The Morgan fingerprint density at radius 3 is 2.44 bits per heavy atom. The molecule has 1 aliphatic carbocycles. The molecule has 3 unspecified atom stereocenters. The topological polar surface area (TPSA) is 66.4 Å². The van der Waals surface area contributed by atoms with Crippen molar-refractivity contribution in [1.82, 2.24) is 5.32 Å². The Labute approximate surface area is 98.4 Å². The highest BCUT2D eigenvalue weighted by atomic mass is 32.2. The molecule has 0 aromatic heterocycles. The largest absolute Gasteiger partial charge is 0.395 e. The van der Waals surface area contributed by atoms with Crippen molar-refractivity contribution in [3.8, 4) is 0 Å². The fraction of sp³-hybridized carbons (Fsp3) is 1.00. The van der Waals surface area contributed by atoms with Crippen molar-refractivity contribution in [3.63, 3.8) is 0 Å². The van der Waals surface area contributed by atoms with E-state index in [0.717, 1.165) is 19.3 Å². The van der Waals surface area contributed by atoms with Crippen molar-refractivity contribution in [2.24, 2.45) is 5.92 Å². The maximum atomic E-state index is 11.6. The van der Waals surface area contributed by atoms with Crippen LogP contribution in [0.3, 0.4) is 0 Å². The summed E-state index contributed by atoms with van der Waals surface area (Å²) in [5, 5.41) is 12.2. The van der Waals surface area contributed by atoms with Crippen LogP contribution in [0.5, 0.6) is 0 Å². The molecule has 0 aliphatic heterocycles. The molecular formula is C11H23NO3S. The van der Waals surface area contributed by atoms with Gasteiger partial charge in [0, 0.05) is 18.3 Å². The van der Waals surface area contributed by atoms with Crippen molar-refractivity contribution < 1.29 is 13.5 Å². The zero-order chi connectivity index (χ0) is 12.3. The zero-order valence-corrected chi connectivity index (χ0v) is 11.1. The summed E-state index contributed by atoms with van der Waals surface area (Å²) in [5.41, 5.74) is 0. The highest BCUT2D eigenvalue weighted by Gasteiger charge is 2.35. The van der Waals surface area contributed by atoms with Gasteiger partial charge in [-0.15, -0.1) is 0 Å². The van der Waals surface area contributed by atoms with Crippen molar-refractivity contribution >= 4 is 9.84 Å². The summed E-state index contributed by atoms with van der Waals surface area (Å²) in [5.74, 6) is 0.311. The number of hydrogen-bond acceptors (Lipinski definition) is 4. The van der Waals surface area contributed by atoms with E-state index in [4.69, 9.17) is 0 Å². The quantitative estimate of drug-likeness (QED) is 0.747. The first-order valence-electron chi connectivity index (χ1n) is 5.92. The van der Waals surface area contributed by atoms with Gasteiger partial charge in [-0.05, 0) is 18.8 Å². The minimum absolute atomic E-state index is 0.00708. The molecule has 96 valence electrons. The number of rotatable bonds is 5. The second-order valence-electron chi connectivity index (χ2n) is 5.11. The highest BCUT2D eigenvalue weighted by molar-refractivity contribution is 7.91. The second kappa shape index (κ2) is 5.47. The van der Waals surface area contributed by atoms with Crippen LogP contribution in [-0.4, -0.2) is 43.7 Å². The summed E-state index contributed by atoms with van der Waals surface area (Å²) in [6.07, 6.45) is 3.89. The van der Waals surface area contributed by atoms with E-state index in [2.05, 4.69) is 5.32 Å². The summed E-state index contributed by atoms with van der Waals surface area (Å²) in [6, 6.07) is 0.00176. The number of aliphatic hydroxyl groups is 1. The van der Waals surface area contributed by atoms with Crippen LogP contribution in [0.1, 0.15) is 33.1 Å². The minimum atomic E-state index is -2.98. The summed E-state index contributed by atoms with van der Waals surface area (Å²) >= 11 is 0. The van der Waals surface area contributed by atoms with Crippen molar-refractivity contribution in [2.45, 2.75) is 50.4 Å². The van der Waals surface area contributed by atoms with Gasteiger partial charge in [-0.1, -0.05) is 20.3 Å². The molecule has 2 N–H and O–H groups in total. The molecule has 3 atom stereocenters. The van der Waals surface area contributed by atoms with Gasteiger partial charge in [0.2, 0.25) is 0 Å². The van der Waals surface area contributed by atoms with Crippen LogP contribution in [0.25, 0.3) is 0 Å². The molecule has 1 fully saturated rings. The number of sulfone groups is 1. The average molecular weight is 249 g/mol. The van der Waals surface area contributed by atoms with Crippen LogP contribution in [0, 0.1) is 5.92 Å². The Bertz CT molecular complexity index is 313. The lowest BCUT2D eigenvalue weighted by Crippen LogP contribution is -2.48. The maximum Gasteiger partial charge on any atom is 0.151 e. The number of nitrogens with one attached hydrogen (secondary N) is 1. The maximum absolute atomic E-state index is 11.6. The molecule has 0 bridgehead atoms. The second-order valence-corrected chi connectivity index (χ2v) is 7.37. The number of aliphatic hydroxyl groups excluding tert-OH is 1. The third-order valence-electron chi connectivity index (χ3n) is 3.43. The molecule has 1 aliphatic rings. The lowest BCUT2D eigenvalue weighted by Gasteiger charge is -2.27. The molecule has 16 heavy (non-hydrogen) atoms. The Balaban J connectivity index is 2.66. The van der Waals surface area contributed by atoms with Gasteiger partial charge in [0.25, 0.3) is 0 Å². The van der Waals surface area contributed by atoms with E-state index in [1.54, 1.807) is 0 Å². The van der Waals surface area contributed by atoms with Crippen LogP contribution >= 0.6 is 0 Å². The minimum Gasteiger partial charge on any atom is -0.395 e. The van der Waals surface area contributed by atoms with E-state index < -0.39 is 9.84 Å². The molecule has 0 saturated heterocycles. The molecule has 1 rings (SSSR count). The van der Waals surface area contributed by atoms with Crippen molar-refractivity contribution in [3.05, 3.63) is 0 Å². The fourth-order valence-corrected chi connectivity index (χ4v) is 3.77. The monoisotopic (exact) mass is 249 g/mol. The standard InChI is InChI=1S/C11H23NO3S/c1-8(2)10(7-13)12-9-5-4-6-11(9)16(3,14)15/h8-13H,4-7H2,1-3H3. The molecule has 1 saturated carbocycles.